The van der Waals surface area contributed by atoms with Crippen LogP contribution < -0.4 is 0 Å². The van der Waals surface area contributed by atoms with E-state index >= 15 is 0 Å². The molecule has 2 aromatic carbocycles. The normalized spacial score (nSPS) is 16.7. The van der Waals surface area contributed by atoms with Crippen LogP contribution in [0.15, 0.2) is 53.5 Å². The first-order valence-corrected chi connectivity index (χ1v) is 9.03. The van der Waals surface area contributed by atoms with Crippen molar-refractivity contribution in [3.8, 4) is 17.2 Å². The van der Waals surface area contributed by atoms with E-state index in [-0.39, 0.29) is 6.04 Å². The van der Waals surface area contributed by atoms with Gasteiger partial charge in [-0.2, -0.15) is 5.26 Å². The molecule has 0 aromatic heterocycles. The topological polar surface area (TPSA) is 36.1 Å². The molecule has 0 bridgehead atoms. The zero-order valence-electron chi connectivity index (χ0n) is 13.9. The van der Waals surface area contributed by atoms with Crippen molar-refractivity contribution in [2.45, 2.75) is 44.6 Å². The number of aliphatic imine (C=N–C) groups is 1. The van der Waals surface area contributed by atoms with E-state index in [9.17, 15) is 5.26 Å². The average molecular weight is 314 g/mol. The molecule has 0 spiro atoms. The molecule has 1 saturated carbocycles. The molecular weight excluding hydrogens is 292 g/mol. The van der Waals surface area contributed by atoms with Crippen molar-refractivity contribution in [2.75, 3.05) is 0 Å². The van der Waals surface area contributed by atoms with E-state index in [1.54, 1.807) is 0 Å². The van der Waals surface area contributed by atoms with Crippen molar-refractivity contribution in [1.82, 2.24) is 0 Å². The first-order valence-electron chi connectivity index (χ1n) is 9.03. The third-order valence-corrected chi connectivity index (χ3v) is 5.40. The van der Waals surface area contributed by atoms with Crippen molar-refractivity contribution in [1.29, 1.82) is 5.26 Å². The zero-order chi connectivity index (χ0) is 16.4. The third-order valence-electron chi connectivity index (χ3n) is 5.40. The maximum atomic E-state index is 9.56. The fourth-order valence-electron chi connectivity index (χ4n) is 3.83. The Morgan fingerprint density at radius 3 is 2.04 bits per heavy atom. The summed E-state index contributed by atoms with van der Waals surface area (Å²) in [5, 5.41) is 9.56. The van der Waals surface area contributed by atoms with Gasteiger partial charge in [-0.05, 0) is 29.9 Å². The average Bonchev–Trinajstić information content (AvgIpc) is 2.90. The minimum atomic E-state index is -0.237. The van der Waals surface area contributed by atoms with Gasteiger partial charge in [-0.1, -0.05) is 74.2 Å². The molecule has 0 radical (unpaired) electrons. The molecule has 2 heteroatoms. The van der Waals surface area contributed by atoms with Crippen LogP contribution >= 0.6 is 0 Å². The van der Waals surface area contributed by atoms with Crippen molar-refractivity contribution < 1.29 is 0 Å². The highest BCUT2D eigenvalue weighted by Crippen LogP contribution is 2.37. The summed E-state index contributed by atoms with van der Waals surface area (Å²) >= 11 is 0. The van der Waals surface area contributed by atoms with Gasteiger partial charge in [0.05, 0.1) is 11.8 Å². The molecule has 2 aliphatic carbocycles. The molecule has 4 rings (SSSR count). The maximum Gasteiger partial charge on any atom is 0.137 e. The lowest BCUT2D eigenvalue weighted by atomic mass is 9.81. The van der Waals surface area contributed by atoms with E-state index in [0.29, 0.717) is 0 Å². The lowest BCUT2D eigenvalue weighted by Crippen LogP contribution is -2.12. The van der Waals surface area contributed by atoms with Crippen LogP contribution in [-0.2, 0) is 0 Å². The van der Waals surface area contributed by atoms with Crippen LogP contribution in [0.1, 0.15) is 49.7 Å². The van der Waals surface area contributed by atoms with Crippen LogP contribution in [0.3, 0.4) is 0 Å². The molecule has 120 valence electrons. The van der Waals surface area contributed by atoms with Crippen LogP contribution in [0.2, 0.25) is 0 Å². The van der Waals surface area contributed by atoms with Gasteiger partial charge in [-0.3, -0.25) is 4.99 Å². The Labute approximate surface area is 143 Å². The fraction of sp³-hybridized carbons (Fsp3) is 0.364. The molecule has 0 heterocycles. The maximum absolute atomic E-state index is 9.56. The Morgan fingerprint density at radius 2 is 1.54 bits per heavy atom. The van der Waals surface area contributed by atoms with E-state index < -0.39 is 0 Å². The molecule has 24 heavy (non-hydrogen) atoms. The largest absolute Gasteiger partial charge is 0.266 e. The Hall–Kier alpha value is -2.40. The molecule has 0 aliphatic heterocycles. The second-order valence-corrected chi connectivity index (χ2v) is 6.94. The predicted molar refractivity (Wildman–Crippen MR) is 98.1 cm³/mol. The molecule has 2 nitrogen and oxygen atoms in total. The summed E-state index contributed by atoms with van der Waals surface area (Å²) < 4.78 is 0. The molecule has 0 saturated heterocycles. The number of hydrogen-bond donors (Lipinski definition) is 0. The van der Waals surface area contributed by atoms with Gasteiger partial charge in [-0.25, -0.2) is 0 Å². The minimum absolute atomic E-state index is 0.237. The second kappa shape index (κ2) is 6.61. The predicted octanol–water partition coefficient (Wildman–Crippen LogP) is 5.37. The van der Waals surface area contributed by atoms with Crippen LogP contribution in [0, 0.1) is 17.2 Å². The number of nitriles is 1. The zero-order valence-corrected chi connectivity index (χ0v) is 13.9. The van der Waals surface area contributed by atoms with Crippen molar-refractivity contribution in [2.24, 2.45) is 10.9 Å². The first kappa shape index (κ1) is 15.1. The van der Waals surface area contributed by atoms with Gasteiger partial charge in [0.1, 0.15) is 6.04 Å². The molecule has 0 N–H and O–H groups in total. The van der Waals surface area contributed by atoms with Gasteiger partial charge in [0.15, 0.2) is 0 Å². The fourth-order valence-corrected chi connectivity index (χ4v) is 3.83. The summed E-state index contributed by atoms with van der Waals surface area (Å²) in [6.45, 7) is 0. The minimum Gasteiger partial charge on any atom is -0.266 e. The van der Waals surface area contributed by atoms with Gasteiger partial charge in [-0.15, -0.1) is 0 Å². The second-order valence-electron chi connectivity index (χ2n) is 6.94. The summed E-state index contributed by atoms with van der Waals surface area (Å²) in [6.07, 6.45) is 7.40. The third kappa shape index (κ3) is 2.76. The van der Waals surface area contributed by atoms with Crippen molar-refractivity contribution >= 4 is 5.71 Å². The SMILES string of the molecule is N#CC(CCCC1CCC1)N=C1c2ccccc2-c2ccccc21. The number of fused-ring (bicyclic) bond motifs is 3. The highest BCUT2D eigenvalue weighted by Gasteiger charge is 2.25. The number of rotatable bonds is 5. The Morgan fingerprint density at radius 1 is 0.958 bits per heavy atom. The van der Waals surface area contributed by atoms with Crippen LogP contribution in [0.4, 0.5) is 0 Å². The van der Waals surface area contributed by atoms with Gasteiger partial charge in [0.25, 0.3) is 0 Å². The van der Waals surface area contributed by atoms with Crippen LogP contribution in [-0.4, -0.2) is 11.8 Å². The lowest BCUT2D eigenvalue weighted by Gasteiger charge is -2.25. The molecule has 1 fully saturated rings. The molecule has 2 aliphatic rings. The van der Waals surface area contributed by atoms with Crippen LogP contribution in [0.25, 0.3) is 11.1 Å². The smallest absolute Gasteiger partial charge is 0.137 e. The summed E-state index contributed by atoms with van der Waals surface area (Å²) in [7, 11) is 0. The van der Waals surface area contributed by atoms with Gasteiger partial charge in [0, 0.05) is 11.1 Å². The summed E-state index contributed by atoms with van der Waals surface area (Å²) in [6, 6.07) is 19.0. The van der Waals surface area contributed by atoms with E-state index in [1.807, 2.05) is 0 Å². The number of nitrogens with zero attached hydrogens (tertiary/aromatic N) is 2. The number of hydrogen-bond acceptors (Lipinski definition) is 2. The van der Waals surface area contributed by atoms with E-state index in [4.69, 9.17) is 4.99 Å². The molecule has 1 atom stereocenters. The van der Waals surface area contributed by atoms with Gasteiger partial charge in [0.2, 0.25) is 0 Å². The van der Waals surface area contributed by atoms with Crippen molar-refractivity contribution in [3.63, 3.8) is 0 Å². The van der Waals surface area contributed by atoms with Crippen molar-refractivity contribution in [3.05, 3.63) is 59.7 Å². The van der Waals surface area contributed by atoms with E-state index in [2.05, 4.69) is 54.6 Å². The molecular formula is C22H22N2. The summed E-state index contributed by atoms with van der Waals surface area (Å²) in [5.74, 6) is 0.907. The summed E-state index contributed by atoms with van der Waals surface area (Å²) in [4.78, 5) is 4.87. The quantitative estimate of drug-likeness (QED) is 0.624. The molecule has 1 unspecified atom stereocenters. The van der Waals surface area contributed by atoms with Gasteiger partial charge < -0.3 is 0 Å². The Bertz CT molecular complexity index is 761. The Kier molecular flexibility index (Phi) is 4.17. The van der Waals surface area contributed by atoms with E-state index in [0.717, 1.165) is 35.6 Å². The highest BCUT2D eigenvalue weighted by molar-refractivity contribution is 6.24. The highest BCUT2D eigenvalue weighted by atomic mass is 14.8. The van der Waals surface area contributed by atoms with E-state index in [1.165, 1.54) is 36.8 Å². The van der Waals surface area contributed by atoms with Gasteiger partial charge >= 0.3 is 0 Å². The summed E-state index contributed by atoms with van der Waals surface area (Å²) in [5.41, 5.74) is 5.79. The molecule has 0 amide bonds. The Balaban J connectivity index is 1.59. The van der Waals surface area contributed by atoms with Crippen LogP contribution in [0.5, 0.6) is 0 Å². The monoisotopic (exact) mass is 314 g/mol. The standard InChI is InChI=1S/C22H22N2/c23-15-17(10-6-9-16-7-5-8-16)24-22-20-13-3-1-11-18(20)19-12-2-4-14-21(19)22/h1-4,11-14,16-17H,5-10H2. The number of benzene rings is 2. The lowest BCUT2D eigenvalue weighted by molar-refractivity contribution is 0.286. The molecule has 2 aromatic rings. The first-order chi connectivity index (χ1) is 11.9.